The number of nitrogens with two attached hydrogens (primary N) is 1. The molecule has 1 saturated carbocycles. The highest BCUT2D eigenvalue weighted by atomic mass is 32.2. The van der Waals surface area contributed by atoms with Crippen molar-refractivity contribution in [1.82, 2.24) is 15.1 Å². The lowest BCUT2D eigenvalue weighted by molar-refractivity contribution is -0.126. The van der Waals surface area contributed by atoms with Crippen LogP contribution < -0.4 is 16.0 Å². The van der Waals surface area contributed by atoms with Crippen LogP contribution in [0, 0.1) is 11.8 Å². The molecule has 3 rings (SSSR count). The third kappa shape index (κ3) is 2.48. The second kappa shape index (κ2) is 5.48. The lowest BCUT2D eigenvalue weighted by atomic mass is 9.77. The summed E-state index contributed by atoms with van der Waals surface area (Å²) in [5.41, 5.74) is 3.43. The van der Waals surface area contributed by atoms with Crippen LogP contribution in [-0.4, -0.2) is 10.9 Å². The Morgan fingerprint density at radius 2 is 2.21 bits per heavy atom. The normalized spacial score (nSPS) is 29.8. The van der Waals surface area contributed by atoms with Gasteiger partial charge in [-0.05, 0) is 55.7 Å². The first-order chi connectivity index (χ1) is 9.29. The van der Waals surface area contributed by atoms with E-state index in [1.54, 1.807) is 11.9 Å². The monoisotopic (exact) mass is 278 g/mol. The van der Waals surface area contributed by atoms with Gasteiger partial charge in [0.2, 0.25) is 5.91 Å². The maximum Gasteiger partial charge on any atom is 0.236 e. The fraction of sp³-hybridized carbons (Fsp3) is 0.538. The SMILES string of the molecule is NNC(=O)C1CCC(C2NSc3cccnc32)CC1. The summed E-state index contributed by atoms with van der Waals surface area (Å²) in [4.78, 5) is 17.3. The highest BCUT2D eigenvalue weighted by Gasteiger charge is 2.35. The van der Waals surface area contributed by atoms with Crippen molar-refractivity contribution in [3.8, 4) is 0 Å². The zero-order valence-corrected chi connectivity index (χ0v) is 11.5. The molecule has 1 aliphatic heterocycles. The van der Waals surface area contributed by atoms with Crippen LogP contribution in [0.4, 0.5) is 0 Å². The van der Waals surface area contributed by atoms with Crippen LogP contribution in [0.1, 0.15) is 37.4 Å². The van der Waals surface area contributed by atoms with Crippen LogP contribution in [0.3, 0.4) is 0 Å². The number of amides is 1. The number of fused-ring (bicyclic) bond motifs is 1. The Morgan fingerprint density at radius 1 is 1.42 bits per heavy atom. The van der Waals surface area contributed by atoms with Crippen LogP contribution in [0.15, 0.2) is 23.2 Å². The Hall–Kier alpha value is -1.11. The van der Waals surface area contributed by atoms with E-state index in [-0.39, 0.29) is 11.8 Å². The average molecular weight is 278 g/mol. The molecular formula is C13H18N4OS. The minimum Gasteiger partial charge on any atom is -0.294 e. The number of hydrazine groups is 1. The van der Waals surface area contributed by atoms with Crippen molar-refractivity contribution >= 4 is 17.9 Å². The molecule has 5 nitrogen and oxygen atoms in total. The minimum absolute atomic E-state index is 0.0225. The summed E-state index contributed by atoms with van der Waals surface area (Å²) in [5.74, 6) is 5.82. The zero-order chi connectivity index (χ0) is 13.2. The van der Waals surface area contributed by atoms with E-state index in [9.17, 15) is 4.79 Å². The third-order valence-electron chi connectivity index (χ3n) is 4.15. The molecule has 1 amide bonds. The summed E-state index contributed by atoms with van der Waals surface area (Å²) in [6.07, 6.45) is 5.78. The fourth-order valence-electron chi connectivity index (χ4n) is 3.06. The molecule has 0 radical (unpaired) electrons. The lowest BCUT2D eigenvalue weighted by Gasteiger charge is -2.30. The number of nitrogens with zero attached hydrogens (tertiary/aromatic N) is 1. The van der Waals surface area contributed by atoms with Gasteiger partial charge >= 0.3 is 0 Å². The average Bonchev–Trinajstić information content (AvgIpc) is 2.90. The van der Waals surface area contributed by atoms with Gasteiger partial charge in [-0.3, -0.25) is 19.9 Å². The molecule has 0 saturated heterocycles. The molecular weight excluding hydrogens is 260 g/mol. The van der Waals surface area contributed by atoms with E-state index >= 15 is 0 Å². The molecule has 2 heterocycles. The van der Waals surface area contributed by atoms with Crippen LogP contribution in [0.25, 0.3) is 0 Å². The van der Waals surface area contributed by atoms with E-state index in [4.69, 9.17) is 5.84 Å². The summed E-state index contributed by atoms with van der Waals surface area (Å²) in [7, 11) is 0. The maximum absolute atomic E-state index is 11.5. The number of carbonyl (C=O) groups is 1. The number of hydrogen-bond donors (Lipinski definition) is 3. The van der Waals surface area contributed by atoms with E-state index in [2.05, 4.69) is 21.2 Å². The molecule has 4 N–H and O–H groups in total. The lowest BCUT2D eigenvalue weighted by Crippen LogP contribution is -2.38. The number of carbonyl (C=O) groups excluding carboxylic acids is 1. The van der Waals surface area contributed by atoms with E-state index in [1.165, 1.54) is 10.6 Å². The number of rotatable bonds is 2. The highest BCUT2D eigenvalue weighted by molar-refractivity contribution is 7.97. The van der Waals surface area contributed by atoms with Crippen molar-refractivity contribution in [2.24, 2.45) is 17.7 Å². The maximum atomic E-state index is 11.5. The van der Waals surface area contributed by atoms with Crippen LogP contribution in [0.2, 0.25) is 0 Å². The Kier molecular flexibility index (Phi) is 3.72. The summed E-state index contributed by atoms with van der Waals surface area (Å²) in [5, 5.41) is 0. The van der Waals surface area contributed by atoms with Gasteiger partial charge < -0.3 is 0 Å². The van der Waals surface area contributed by atoms with Gasteiger partial charge in [0.15, 0.2) is 0 Å². The van der Waals surface area contributed by atoms with Gasteiger partial charge in [0.05, 0.1) is 11.7 Å². The number of hydrogen-bond acceptors (Lipinski definition) is 5. The van der Waals surface area contributed by atoms with Gasteiger partial charge in [-0.2, -0.15) is 0 Å². The minimum atomic E-state index is -0.0225. The number of aromatic nitrogens is 1. The molecule has 102 valence electrons. The molecule has 19 heavy (non-hydrogen) atoms. The van der Waals surface area contributed by atoms with Crippen LogP contribution in [0.5, 0.6) is 0 Å². The molecule has 2 aliphatic rings. The van der Waals surface area contributed by atoms with E-state index in [1.807, 2.05) is 12.3 Å². The molecule has 6 heteroatoms. The van der Waals surface area contributed by atoms with Gasteiger partial charge in [-0.25, -0.2) is 5.84 Å². The first-order valence-electron chi connectivity index (χ1n) is 6.67. The summed E-state index contributed by atoms with van der Waals surface area (Å²) in [6.45, 7) is 0. The standard InChI is InChI=1S/C13H18N4OS/c14-16-13(18)9-5-3-8(4-6-9)11-12-10(19-17-11)2-1-7-15-12/h1-2,7-9,11,17H,3-6,14H2,(H,16,18). The Morgan fingerprint density at radius 3 is 2.95 bits per heavy atom. The van der Waals surface area contributed by atoms with Gasteiger partial charge in [-0.1, -0.05) is 0 Å². The van der Waals surface area contributed by atoms with Gasteiger partial charge in [0.1, 0.15) is 0 Å². The second-order valence-electron chi connectivity index (χ2n) is 5.20. The predicted molar refractivity (Wildman–Crippen MR) is 73.7 cm³/mol. The molecule has 1 unspecified atom stereocenters. The van der Waals surface area contributed by atoms with E-state index in [0.717, 1.165) is 25.7 Å². The van der Waals surface area contributed by atoms with Gasteiger partial charge in [0.25, 0.3) is 0 Å². The Balaban J connectivity index is 1.65. The predicted octanol–water partition coefficient (Wildman–Crippen LogP) is 1.53. The zero-order valence-electron chi connectivity index (χ0n) is 10.6. The van der Waals surface area contributed by atoms with Crippen LogP contribution in [-0.2, 0) is 4.79 Å². The molecule has 1 aromatic heterocycles. The molecule has 1 aromatic rings. The van der Waals surface area contributed by atoms with Gasteiger partial charge in [0, 0.05) is 17.0 Å². The van der Waals surface area contributed by atoms with Crippen molar-refractivity contribution in [2.75, 3.05) is 0 Å². The molecule has 1 fully saturated rings. The summed E-state index contributed by atoms with van der Waals surface area (Å²) < 4.78 is 3.48. The number of pyridine rings is 1. The third-order valence-corrected chi connectivity index (χ3v) is 5.08. The Bertz CT molecular complexity index is 473. The Labute approximate surface area is 116 Å². The van der Waals surface area contributed by atoms with E-state index < -0.39 is 0 Å². The van der Waals surface area contributed by atoms with Gasteiger partial charge in [-0.15, -0.1) is 0 Å². The van der Waals surface area contributed by atoms with Crippen molar-refractivity contribution in [3.63, 3.8) is 0 Å². The van der Waals surface area contributed by atoms with Crippen LogP contribution >= 0.6 is 11.9 Å². The molecule has 1 atom stereocenters. The largest absolute Gasteiger partial charge is 0.294 e. The van der Waals surface area contributed by atoms with Crippen molar-refractivity contribution in [3.05, 3.63) is 24.0 Å². The molecule has 1 aliphatic carbocycles. The molecule has 0 bridgehead atoms. The topological polar surface area (TPSA) is 80.0 Å². The first kappa shape index (κ1) is 12.9. The van der Waals surface area contributed by atoms with Crippen molar-refractivity contribution in [1.29, 1.82) is 0 Å². The van der Waals surface area contributed by atoms with Crippen molar-refractivity contribution < 1.29 is 4.79 Å². The smallest absolute Gasteiger partial charge is 0.236 e. The fourth-order valence-corrected chi connectivity index (χ4v) is 4.05. The number of nitrogens with one attached hydrogen (secondary N) is 2. The second-order valence-corrected chi connectivity index (χ2v) is 6.08. The summed E-state index contributed by atoms with van der Waals surface area (Å²) >= 11 is 1.67. The molecule has 0 spiro atoms. The highest BCUT2D eigenvalue weighted by Crippen LogP contribution is 2.43. The quantitative estimate of drug-likeness (QED) is 0.331. The molecule has 0 aromatic carbocycles. The first-order valence-corrected chi connectivity index (χ1v) is 7.49. The van der Waals surface area contributed by atoms with Crippen molar-refractivity contribution in [2.45, 2.75) is 36.6 Å². The van der Waals surface area contributed by atoms with E-state index in [0.29, 0.717) is 12.0 Å². The summed E-state index contributed by atoms with van der Waals surface area (Å²) in [6, 6.07) is 4.40.